The lowest BCUT2D eigenvalue weighted by atomic mass is 10.1. The molecule has 0 aromatic heterocycles. The van der Waals surface area contributed by atoms with Crippen LogP contribution in [0.25, 0.3) is 0 Å². The Morgan fingerprint density at radius 3 is 2.06 bits per heavy atom. The normalized spacial score (nSPS) is 12.4. The Morgan fingerprint density at radius 2 is 1.56 bits per heavy atom. The fourth-order valence-corrected chi connectivity index (χ4v) is 4.50. The zero-order valence-electron chi connectivity index (χ0n) is 20.0. The zero-order valence-corrected chi connectivity index (χ0v) is 22.3. The van der Waals surface area contributed by atoms with Gasteiger partial charge >= 0.3 is 0 Å². The maximum absolute atomic E-state index is 13.5. The number of halogens is 2. The van der Waals surface area contributed by atoms with Crippen molar-refractivity contribution in [3.05, 3.63) is 63.6 Å². The first-order chi connectivity index (χ1) is 15.8. The van der Waals surface area contributed by atoms with E-state index < -0.39 is 28.5 Å². The van der Waals surface area contributed by atoms with Crippen molar-refractivity contribution in [1.29, 1.82) is 0 Å². The molecule has 0 radical (unpaired) electrons. The highest BCUT2D eigenvalue weighted by Crippen LogP contribution is 2.24. The Bertz CT molecular complexity index is 1120. The number of aryl methyl sites for hydroxylation is 1. The lowest BCUT2D eigenvalue weighted by Gasteiger charge is -2.32. The predicted molar refractivity (Wildman–Crippen MR) is 138 cm³/mol. The summed E-state index contributed by atoms with van der Waals surface area (Å²) in [7, 11) is -3.77. The quantitative estimate of drug-likeness (QED) is 0.499. The minimum Gasteiger partial charge on any atom is -0.352 e. The van der Waals surface area contributed by atoms with E-state index >= 15 is 0 Å². The molecule has 2 rings (SSSR count). The van der Waals surface area contributed by atoms with Crippen molar-refractivity contribution in [2.24, 2.45) is 0 Å². The summed E-state index contributed by atoms with van der Waals surface area (Å²) in [5, 5.41) is 3.49. The smallest absolute Gasteiger partial charge is 0.244 e. The molecule has 34 heavy (non-hydrogen) atoms. The highest BCUT2D eigenvalue weighted by molar-refractivity contribution is 7.92. The third-order valence-electron chi connectivity index (χ3n) is 5.25. The van der Waals surface area contributed by atoms with Crippen LogP contribution in [0.5, 0.6) is 0 Å². The van der Waals surface area contributed by atoms with Gasteiger partial charge < -0.3 is 10.2 Å². The van der Waals surface area contributed by atoms with Crippen molar-refractivity contribution < 1.29 is 18.0 Å². The van der Waals surface area contributed by atoms with E-state index in [1.54, 1.807) is 37.3 Å². The number of anilines is 1. The number of sulfonamides is 1. The topological polar surface area (TPSA) is 86.8 Å². The molecule has 10 heteroatoms. The molecule has 186 valence electrons. The fraction of sp³-hybridized carbons (Fsp3) is 0.417. The van der Waals surface area contributed by atoms with Crippen molar-refractivity contribution in [1.82, 2.24) is 10.2 Å². The Labute approximate surface area is 212 Å². The van der Waals surface area contributed by atoms with E-state index in [9.17, 15) is 18.0 Å². The van der Waals surface area contributed by atoms with Gasteiger partial charge in [-0.1, -0.05) is 48.3 Å². The molecule has 1 atom stereocenters. The lowest BCUT2D eigenvalue weighted by Crippen LogP contribution is -2.52. The minimum absolute atomic E-state index is 0.0504. The van der Waals surface area contributed by atoms with Crippen LogP contribution < -0.4 is 9.62 Å². The summed E-state index contributed by atoms with van der Waals surface area (Å²) in [6, 6.07) is 11.0. The van der Waals surface area contributed by atoms with E-state index in [0.717, 1.165) is 22.5 Å². The molecule has 7 nitrogen and oxygen atoms in total. The highest BCUT2D eigenvalue weighted by atomic mass is 35.5. The van der Waals surface area contributed by atoms with E-state index in [-0.39, 0.29) is 18.5 Å². The molecular weight excluding hydrogens is 497 g/mol. The molecule has 0 bridgehead atoms. The number of carbonyl (C=O) groups excluding carboxylic acids is 2. The molecule has 1 unspecified atom stereocenters. The summed E-state index contributed by atoms with van der Waals surface area (Å²) in [4.78, 5) is 27.6. The minimum atomic E-state index is -3.77. The number of hydrogen-bond acceptors (Lipinski definition) is 4. The molecule has 1 N–H and O–H groups in total. The van der Waals surface area contributed by atoms with Crippen molar-refractivity contribution in [3.63, 3.8) is 0 Å². The summed E-state index contributed by atoms with van der Waals surface area (Å²) < 4.78 is 26.2. The van der Waals surface area contributed by atoms with Crippen molar-refractivity contribution in [3.8, 4) is 0 Å². The SMILES string of the molecule is CCc1ccc(N(CC(=O)N(Cc2ccc(Cl)c(Cl)c2)C(C)C(=O)NC(C)C)S(C)(=O)=O)cc1. The van der Waals surface area contributed by atoms with E-state index in [1.165, 1.54) is 4.90 Å². The van der Waals surface area contributed by atoms with E-state index in [2.05, 4.69) is 5.32 Å². The van der Waals surface area contributed by atoms with Crippen LogP contribution in [0.3, 0.4) is 0 Å². The standard InChI is InChI=1S/C24H31Cl2N3O4S/c1-6-18-7-10-20(11-8-18)29(34(5,32)33)15-23(30)28(17(4)24(31)27-16(2)3)14-19-9-12-21(25)22(26)13-19/h7-13,16-17H,6,14-15H2,1-5H3,(H,27,31). The molecule has 2 aromatic rings. The van der Waals surface area contributed by atoms with E-state index in [4.69, 9.17) is 23.2 Å². The van der Waals surface area contributed by atoms with Crippen LogP contribution in [-0.4, -0.2) is 50.0 Å². The van der Waals surface area contributed by atoms with Crippen molar-refractivity contribution >= 4 is 50.7 Å². The third-order valence-corrected chi connectivity index (χ3v) is 7.13. The maximum atomic E-state index is 13.5. The summed E-state index contributed by atoms with van der Waals surface area (Å²) in [6.07, 6.45) is 1.85. The molecule has 2 amide bonds. The second-order valence-corrected chi connectivity index (χ2v) is 11.1. The first kappa shape index (κ1) is 28.0. The molecule has 0 saturated heterocycles. The van der Waals surface area contributed by atoms with Crippen LogP contribution in [0.4, 0.5) is 5.69 Å². The Hall–Kier alpha value is -2.29. The largest absolute Gasteiger partial charge is 0.352 e. The van der Waals surface area contributed by atoms with Crippen molar-refractivity contribution in [2.75, 3.05) is 17.1 Å². The van der Waals surface area contributed by atoms with Gasteiger partial charge in [0.15, 0.2) is 0 Å². The number of rotatable bonds is 10. The summed E-state index contributed by atoms with van der Waals surface area (Å²) in [6.45, 7) is 6.84. The average molecular weight is 529 g/mol. The number of hydrogen-bond donors (Lipinski definition) is 1. The van der Waals surface area contributed by atoms with Gasteiger partial charge in [0.05, 0.1) is 22.0 Å². The van der Waals surface area contributed by atoms with Crippen LogP contribution in [0.1, 0.15) is 38.8 Å². The Balaban J connectivity index is 2.40. The second-order valence-electron chi connectivity index (χ2n) is 8.40. The Kier molecular flexibility index (Phi) is 9.79. The van der Waals surface area contributed by atoms with E-state index in [0.29, 0.717) is 21.3 Å². The van der Waals surface area contributed by atoms with Gasteiger partial charge in [-0.2, -0.15) is 0 Å². The van der Waals surface area contributed by atoms with Gasteiger partial charge in [-0.05, 0) is 62.6 Å². The molecule has 0 aliphatic rings. The van der Waals surface area contributed by atoms with Crippen LogP contribution in [0, 0.1) is 0 Å². The fourth-order valence-electron chi connectivity index (χ4n) is 3.33. The van der Waals surface area contributed by atoms with Gasteiger partial charge in [-0.15, -0.1) is 0 Å². The summed E-state index contributed by atoms with van der Waals surface area (Å²) in [5.41, 5.74) is 2.08. The first-order valence-electron chi connectivity index (χ1n) is 10.9. The highest BCUT2D eigenvalue weighted by Gasteiger charge is 2.30. The zero-order chi connectivity index (χ0) is 25.6. The molecule has 0 aliphatic heterocycles. The number of nitrogens with one attached hydrogen (secondary N) is 1. The number of benzene rings is 2. The predicted octanol–water partition coefficient (Wildman–Crippen LogP) is 4.26. The molecule has 2 aromatic carbocycles. The monoisotopic (exact) mass is 527 g/mol. The Morgan fingerprint density at radius 1 is 0.971 bits per heavy atom. The second kappa shape index (κ2) is 11.9. The first-order valence-corrected chi connectivity index (χ1v) is 13.5. The third kappa shape index (κ3) is 7.61. The van der Waals surface area contributed by atoms with Crippen LogP contribution in [0.15, 0.2) is 42.5 Å². The molecule has 0 heterocycles. The average Bonchev–Trinajstić information content (AvgIpc) is 2.76. The lowest BCUT2D eigenvalue weighted by molar-refractivity contribution is -0.139. The molecule has 0 aliphatic carbocycles. The summed E-state index contributed by atoms with van der Waals surface area (Å²) in [5.74, 6) is -0.871. The van der Waals surface area contributed by atoms with Crippen LogP contribution in [0.2, 0.25) is 10.0 Å². The number of nitrogens with zero attached hydrogens (tertiary/aromatic N) is 2. The molecule has 0 spiro atoms. The van der Waals surface area contributed by atoms with Crippen molar-refractivity contribution in [2.45, 2.75) is 52.7 Å². The van der Waals surface area contributed by atoms with Gasteiger partial charge in [-0.3, -0.25) is 13.9 Å². The molecule has 0 fully saturated rings. The number of amides is 2. The summed E-state index contributed by atoms with van der Waals surface area (Å²) >= 11 is 12.1. The molecular formula is C24H31Cl2N3O4S. The van der Waals surface area contributed by atoms with E-state index in [1.807, 2.05) is 32.9 Å². The van der Waals surface area contributed by atoms with Gasteiger partial charge in [0.2, 0.25) is 21.8 Å². The maximum Gasteiger partial charge on any atom is 0.244 e. The van der Waals surface area contributed by atoms with Crippen LogP contribution >= 0.6 is 23.2 Å². The molecule has 0 saturated carbocycles. The van der Waals surface area contributed by atoms with Gasteiger partial charge in [0.25, 0.3) is 0 Å². The van der Waals surface area contributed by atoms with Gasteiger partial charge in [0.1, 0.15) is 12.6 Å². The number of carbonyl (C=O) groups is 2. The van der Waals surface area contributed by atoms with Gasteiger partial charge in [-0.25, -0.2) is 8.42 Å². The van der Waals surface area contributed by atoms with Crippen LogP contribution in [-0.2, 0) is 32.6 Å². The van der Waals surface area contributed by atoms with Gasteiger partial charge in [0, 0.05) is 12.6 Å².